The quantitative estimate of drug-likeness (QED) is 0.814. The van der Waals surface area contributed by atoms with Crippen LogP contribution in [0.15, 0.2) is 29.2 Å². The molecule has 0 bridgehead atoms. The van der Waals surface area contributed by atoms with Crippen molar-refractivity contribution >= 4 is 29.3 Å². The molecular formula is C16H22ClNO2S. The fourth-order valence-electron chi connectivity index (χ4n) is 2.65. The van der Waals surface area contributed by atoms with Gasteiger partial charge in [-0.25, -0.2) is 0 Å². The van der Waals surface area contributed by atoms with E-state index in [1.165, 1.54) is 0 Å². The first-order valence-electron chi connectivity index (χ1n) is 7.46. The lowest BCUT2D eigenvalue weighted by Gasteiger charge is -2.32. The van der Waals surface area contributed by atoms with Crippen LogP contribution in [0.5, 0.6) is 0 Å². The number of amides is 1. The fraction of sp³-hybridized carbons (Fsp3) is 0.562. The van der Waals surface area contributed by atoms with Crippen LogP contribution in [-0.2, 0) is 4.79 Å². The molecule has 1 aromatic carbocycles. The van der Waals surface area contributed by atoms with Crippen LogP contribution < -0.4 is 0 Å². The maximum Gasteiger partial charge on any atom is 0.223 e. The van der Waals surface area contributed by atoms with Gasteiger partial charge in [-0.1, -0.05) is 11.6 Å². The molecule has 5 heteroatoms. The number of piperidine rings is 1. The van der Waals surface area contributed by atoms with Crippen molar-refractivity contribution in [2.24, 2.45) is 5.92 Å². The lowest BCUT2D eigenvalue weighted by Crippen LogP contribution is -2.40. The molecule has 0 spiro atoms. The minimum absolute atomic E-state index is 0.221. The summed E-state index contributed by atoms with van der Waals surface area (Å²) in [7, 11) is 0. The summed E-state index contributed by atoms with van der Waals surface area (Å²) in [6.45, 7) is 1.90. The molecule has 21 heavy (non-hydrogen) atoms. The van der Waals surface area contributed by atoms with Crippen molar-refractivity contribution in [3.05, 3.63) is 29.3 Å². The van der Waals surface area contributed by atoms with Crippen molar-refractivity contribution in [3.63, 3.8) is 0 Å². The van der Waals surface area contributed by atoms with Gasteiger partial charge in [-0.2, -0.15) is 0 Å². The molecule has 0 aromatic heterocycles. The van der Waals surface area contributed by atoms with Crippen LogP contribution in [0.3, 0.4) is 0 Å². The topological polar surface area (TPSA) is 40.5 Å². The smallest absolute Gasteiger partial charge is 0.223 e. The number of hydrogen-bond donors (Lipinski definition) is 1. The van der Waals surface area contributed by atoms with Crippen LogP contribution in [0.2, 0.25) is 5.02 Å². The Morgan fingerprint density at radius 1 is 1.38 bits per heavy atom. The third kappa shape index (κ3) is 5.53. The number of aliphatic hydroxyl groups is 1. The maximum atomic E-state index is 12.2. The number of carbonyl (C=O) groups is 1. The Hall–Kier alpha value is -0.710. The molecule has 2 rings (SSSR count). The number of hydrogen-bond acceptors (Lipinski definition) is 3. The van der Waals surface area contributed by atoms with Gasteiger partial charge < -0.3 is 10.0 Å². The zero-order valence-corrected chi connectivity index (χ0v) is 13.7. The van der Waals surface area contributed by atoms with Crippen molar-refractivity contribution in [3.8, 4) is 0 Å². The summed E-state index contributed by atoms with van der Waals surface area (Å²) in [6.07, 6.45) is 3.56. The van der Waals surface area contributed by atoms with Crippen molar-refractivity contribution < 1.29 is 9.90 Å². The van der Waals surface area contributed by atoms with E-state index in [9.17, 15) is 4.79 Å². The van der Waals surface area contributed by atoms with Gasteiger partial charge in [-0.05, 0) is 49.4 Å². The van der Waals surface area contributed by atoms with Gasteiger partial charge in [0.25, 0.3) is 0 Å². The summed E-state index contributed by atoms with van der Waals surface area (Å²) in [5, 5.41) is 9.75. The van der Waals surface area contributed by atoms with E-state index < -0.39 is 0 Å². The number of rotatable bonds is 6. The average molecular weight is 328 g/mol. The normalized spacial score (nSPS) is 18.8. The van der Waals surface area contributed by atoms with Gasteiger partial charge in [0.2, 0.25) is 5.91 Å². The molecule has 116 valence electrons. The average Bonchev–Trinajstić information content (AvgIpc) is 2.50. The number of nitrogens with zero attached hydrogens (tertiary/aromatic N) is 1. The van der Waals surface area contributed by atoms with E-state index in [1.54, 1.807) is 11.8 Å². The first-order valence-corrected chi connectivity index (χ1v) is 8.82. The molecule has 1 heterocycles. The molecule has 1 saturated heterocycles. The van der Waals surface area contributed by atoms with Crippen LogP contribution in [0.4, 0.5) is 0 Å². The molecule has 1 aliphatic heterocycles. The Morgan fingerprint density at radius 2 is 2.14 bits per heavy atom. The van der Waals surface area contributed by atoms with Gasteiger partial charge in [-0.15, -0.1) is 11.8 Å². The van der Waals surface area contributed by atoms with Gasteiger partial charge in [0.15, 0.2) is 0 Å². The third-order valence-corrected chi connectivity index (χ3v) is 5.07. The molecule has 3 nitrogen and oxygen atoms in total. The van der Waals surface area contributed by atoms with Gasteiger partial charge in [0, 0.05) is 41.8 Å². The zero-order valence-electron chi connectivity index (χ0n) is 12.1. The van der Waals surface area contributed by atoms with Gasteiger partial charge >= 0.3 is 0 Å². The summed E-state index contributed by atoms with van der Waals surface area (Å²) in [6, 6.07) is 7.71. The van der Waals surface area contributed by atoms with E-state index in [2.05, 4.69) is 0 Å². The lowest BCUT2D eigenvalue weighted by molar-refractivity contribution is -0.132. The second-order valence-electron chi connectivity index (χ2n) is 5.41. The summed E-state index contributed by atoms with van der Waals surface area (Å²) >= 11 is 7.54. The number of likely N-dealkylation sites (tertiary alicyclic amines) is 1. The van der Waals surface area contributed by atoms with Gasteiger partial charge in [0.1, 0.15) is 0 Å². The van der Waals surface area contributed by atoms with Crippen LogP contribution in [0.25, 0.3) is 0 Å². The monoisotopic (exact) mass is 327 g/mol. The second-order valence-corrected chi connectivity index (χ2v) is 7.02. The van der Waals surface area contributed by atoms with E-state index in [-0.39, 0.29) is 12.5 Å². The predicted octanol–water partition coefficient (Wildman–Crippen LogP) is 3.44. The van der Waals surface area contributed by atoms with Crippen molar-refractivity contribution in [1.29, 1.82) is 0 Å². The van der Waals surface area contributed by atoms with E-state index in [0.29, 0.717) is 12.3 Å². The molecule has 0 aliphatic carbocycles. The highest BCUT2D eigenvalue weighted by Gasteiger charge is 2.22. The molecule has 1 N–H and O–H groups in total. The lowest BCUT2D eigenvalue weighted by atomic mass is 9.95. The van der Waals surface area contributed by atoms with Crippen molar-refractivity contribution in [2.75, 3.05) is 25.4 Å². The Morgan fingerprint density at radius 3 is 2.86 bits per heavy atom. The largest absolute Gasteiger partial charge is 0.396 e. The number of benzene rings is 1. The Bertz CT molecular complexity index is 450. The van der Waals surface area contributed by atoms with Crippen molar-refractivity contribution in [1.82, 2.24) is 4.90 Å². The maximum absolute atomic E-state index is 12.2. The number of halogens is 1. The summed E-state index contributed by atoms with van der Waals surface area (Å²) < 4.78 is 0. The van der Waals surface area contributed by atoms with E-state index >= 15 is 0 Å². The highest BCUT2D eigenvalue weighted by molar-refractivity contribution is 7.99. The second kappa shape index (κ2) is 8.66. The standard InChI is InChI=1S/C16H22ClNO2S/c17-14-3-5-15(6-4-14)21-11-8-16(20)18-9-1-2-13(12-18)7-10-19/h3-6,13,19H,1-2,7-12H2. The van der Waals surface area contributed by atoms with Crippen LogP contribution in [-0.4, -0.2) is 41.4 Å². The first-order chi connectivity index (χ1) is 10.2. The minimum Gasteiger partial charge on any atom is -0.396 e. The highest BCUT2D eigenvalue weighted by atomic mass is 35.5. The summed E-state index contributed by atoms with van der Waals surface area (Å²) in [5.74, 6) is 1.50. The van der Waals surface area contributed by atoms with Crippen LogP contribution >= 0.6 is 23.4 Å². The van der Waals surface area contributed by atoms with E-state index in [1.807, 2.05) is 29.2 Å². The number of aliphatic hydroxyl groups excluding tert-OH is 1. The highest BCUT2D eigenvalue weighted by Crippen LogP contribution is 2.23. The van der Waals surface area contributed by atoms with Gasteiger partial charge in [0.05, 0.1) is 0 Å². The molecule has 1 amide bonds. The fourth-order valence-corrected chi connectivity index (χ4v) is 3.62. The molecule has 1 fully saturated rings. The molecule has 1 aliphatic rings. The molecule has 0 radical (unpaired) electrons. The summed E-state index contributed by atoms with van der Waals surface area (Å²) in [4.78, 5) is 15.3. The molecular weight excluding hydrogens is 306 g/mol. The van der Waals surface area contributed by atoms with E-state index in [0.717, 1.165) is 48.0 Å². The summed E-state index contributed by atoms with van der Waals surface area (Å²) in [5.41, 5.74) is 0. The van der Waals surface area contributed by atoms with Crippen LogP contribution in [0.1, 0.15) is 25.7 Å². The van der Waals surface area contributed by atoms with Crippen LogP contribution in [0, 0.1) is 5.92 Å². The Balaban J connectivity index is 1.72. The van der Waals surface area contributed by atoms with Crippen molar-refractivity contribution in [2.45, 2.75) is 30.6 Å². The Labute approximate surface area is 135 Å². The van der Waals surface area contributed by atoms with E-state index in [4.69, 9.17) is 16.7 Å². The zero-order chi connectivity index (χ0) is 15.1. The molecule has 1 aromatic rings. The number of thioether (sulfide) groups is 1. The molecule has 1 unspecified atom stereocenters. The SMILES string of the molecule is O=C(CCSc1ccc(Cl)cc1)N1CCCC(CCO)C1. The number of carbonyl (C=O) groups excluding carboxylic acids is 1. The first kappa shape index (κ1) is 16.7. The predicted molar refractivity (Wildman–Crippen MR) is 87.8 cm³/mol. The minimum atomic E-state index is 0.221. The Kier molecular flexibility index (Phi) is 6.87. The molecule has 1 atom stereocenters. The third-order valence-electron chi connectivity index (χ3n) is 3.81. The molecule has 0 saturated carbocycles. The van der Waals surface area contributed by atoms with Gasteiger partial charge in [-0.3, -0.25) is 4.79 Å².